The van der Waals surface area contributed by atoms with E-state index in [-0.39, 0.29) is 77.9 Å². The molecule has 1 aromatic heterocycles. The second kappa shape index (κ2) is 16.2. The number of pyridine rings is 1. The van der Waals surface area contributed by atoms with E-state index < -0.39 is 11.0 Å². The Labute approximate surface area is 273 Å². The molecule has 1 aromatic carbocycles. The first kappa shape index (κ1) is 39.6. The number of benzene rings is 1. The molecule has 5 rings (SSSR count). The highest BCUT2D eigenvalue weighted by Crippen LogP contribution is 2.59. The molecule has 0 radical (unpaired) electrons. The Bertz CT molecular complexity index is 1260. The molecule has 3 aliphatic rings. The summed E-state index contributed by atoms with van der Waals surface area (Å²) in [4.78, 5) is 35.8. The van der Waals surface area contributed by atoms with Crippen LogP contribution in [0.4, 0.5) is 11.5 Å². The molecule has 7 N–H and O–H groups in total. The van der Waals surface area contributed by atoms with Gasteiger partial charge in [-0.2, -0.15) is 0 Å². The predicted octanol–water partition coefficient (Wildman–Crippen LogP) is 3.17. The van der Waals surface area contributed by atoms with Gasteiger partial charge in [0.1, 0.15) is 17.1 Å². The van der Waals surface area contributed by atoms with Crippen LogP contribution in [0, 0.1) is 24.2 Å². The number of ketones is 2. The van der Waals surface area contributed by atoms with Crippen molar-refractivity contribution >= 4 is 47.9 Å². The van der Waals surface area contributed by atoms with Gasteiger partial charge >= 0.3 is 0 Å². The number of phenols is 1. The van der Waals surface area contributed by atoms with Crippen molar-refractivity contribution in [1.29, 1.82) is 0 Å². The monoisotopic (exact) mass is 656 g/mol. The summed E-state index contributed by atoms with van der Waals surface area (Å²) < 4.78 is 0. The molecule has 2 saturated carbocycles. The van der Waals surface area contributed by atoms with Gasteiger partial charge in [-0.25, -0.2) is 4.98 Å². The molecule has 0 spiro atoms. The number of nitrogens with one attached hydrogen (secondary N) is 1. The number of nitrogens with zero attached hydrogens (tertiary/aromatic N) is 3. The number of carbonyl (C=O) groups is 2. The lowest BCUT2D eigenvalue weighted by Crippen LogP contribution is -2.58. The van der Waals surface area contributed by atoms with Crippen molar-refractivity contribution in [3.8, 4) is 5.75 Å². The first-order valence-corrected chi connectivity index (χ1v) is 14.9. The highest BCUT2D eigenvalue weighted by atomic mass is 35.5. The third kappa shape index (κ3) is 7.66. The van der Waals surface area contributed by atoms with Gasteiger partial charge < -0.3 is 31.4 Å². The van der Waals surface area contributed by atoms with E-state index in [1.165, 1.54) is 0 Å². The molecule has 12 heteroatoms. The van der Waals surface area contributed by atoms with Gasteiger partial charge in [0.2, 0.25) is 0 Å². The van der Waals surface area contributed by atoms with E-state index in [0.29, 0.717) is 12.8 Å². The zero-order valence-electron chi connectivity index (χ0n) is 26.0. The zero-order chi connectivity index (χ0) is 28.5. The molecule has 3 unspecified atom stereocenters. The maximum Gasteiger partial charge on any atom is 0.178 e. The number of rotatable bonds is 9. The smallest absolute Gasteiger partial charge is 0.178 e. The second-order valence-corrected chi connectivity index (χ2v) is 12.3. The van der Waals surface area contributed by atoms with Gasteiger partial charge in [0.25, 0.3) is 0 Å². The third-order valence-corrected chi connectivity index (χ3v) is 9.98. The number of aromatic nitrogens is 1. The fourth-order valence-corrected chi connectivity index (χ4v) is 7.68. The van der Waals surface area contributed by atoms with E-state index in [1.54, 1.807) is 6.07 Å². The minimum Gasteiger partial charge on any atom is -0.508 e. The number of anilines is 2. The fraction of sp³-hybridized carbons (Fsp3) is 0.594. The number of aliphatic hydroxyl groups is 1. The van der Waals surface area contributed by atoms with E-state index in [9.17, 15) is 19.8 Å². The summed E-state index contributed by atoms with van der Waals surface area (Å²) in [6, 6.07) is 9.40. The van der Waals surface area contributed by atoms with Crippen LogP contribution in [0.25, 0.3) is 0 Å². The molecule has 0 bridgehead atoms. The van der Waals surface area contributed by atoms with Crippen LogP contribution >= 0.6 is 24.8 Å². The van der Waals surface area contributed by atoms with Crippen molar-refractivity contribution in [2.45, 2.75) is 64.9 Å². The number of phenolic OH excluding ortho intramolecular Hbond substituents is 1. The first-order chi connectivity index (χ1) is 19.1. The lowest BCUT2D eigenvalue weighted by Gasteiger charge is -2.48. The first-order valence-electron chi connectivity index (χ1n) is 14.9. The summed E-state index contributed by atoms with van der Waals surface area (Å²) in [5.41, 5.74) is 1.01. The number of halogens is 2. The topological polar surface area (TPSA) is 169 Å². The van der Waals surface area contributed by atoms with E-state index in [0.717, 1.165) is 74.6 Å². The summed E-state index contributed by atoms with van der Waals surface area (Å²) in [7, 11) is 0. The minimum absolute atomic E-state index is 0. The maximum absolute atomic E-state index is 13.8. The molecule has 0 amide bonds. The van der Waals surface area contributed by atoms with Crippen LogP contribution in [0.15, 0.2) is 36.5 Å². The molecule has 1 saturated heterocycles. The van der Waals surface area contributed by atoms with E-state index in [2.05, 4.69) is 27.0 Å². The largest absolute Gasteiger partial charge is 0.508 e. The SMILES string of the molecule is CCNc1cccnc1N1CCN(CC(=O)[C@@]2(O)CCC3C(CCc4cc(O)ccc4C)CC(=O)CC32C)CC1.Cl.Cl.O.O. The summed E-state index contributed by atoms with van der Waals surface area (Å²) in [5, 5.41) is 25.3. The van der Waals surface area contributed by atoms with Crippen LogP contribution < -0.4 is 10.2 Å². The lowest BCUT2D eigenvalue weighted by atomic mass is 9.57. The van der Waals surface area contributed by atoms with Crippen LogP contribution in [0.3, 0.4) is 0 Å². The fourth-order valence-electron chi connectivity index (χ4n) is 7.68. The summed E-state index contributed by atoms with van der Waals surface area (Å²) in [6.45, 7) is 10.1. The van der Waals surface area contributed by atoms with Crippen LogP contribution in [0.2, 0.25) is 0 Å². The molecule has 2 aliphatic carbocycles. The molecule has 44 heavy (non-hydrogen) atoms. The van der Waals surface area contributed by atoms with Crippen LogP contribution in [-0.4, -0.2) is 87.5 Å². The van der Waals surface area contributed by atoms with Crippen LogP contribution in [-0.2, 0) is 16.0 Å². The van der Waals surface area contributed by atoms with Crippen molar-refractivity contribution in [3.63, 3.8) is 0 Å². The van der Waals surface area contributed by atoms with Crippen LogP contribution in [0.1, 0.15) is 57.1 Å². The maximum atomic E-state index is 13.8. The Morgan fingerprint density at radius 3 is 2.52 bits per heavy atom. The third-order valence-electron chi connectivity index (χ3n) is 9.98. The predicted molar refractivity (Wildman–Crippen MR) is 178 cm³/mol. The number of aryl methyl sites for hydroxylation is 2. The number of hydrogen-bond acceptors (Lipinski definition) is 8. The molecular formula is C32H50Cl2N4O6. The molecular weight excluding hydrogens is 607 g/mol. The Balaban J connectivity index is 0.00000242. The second-order valence-electron chi connectivity index (χ2n) is 12.3. The minimum atomic E-state index is -1.48. The van der Waals surface area contributed by atoms with Crippen molar-refractivity contribution < 1.29 is 30.8 Å². The van der Waals surface area contributed by atoms with Gasteiger partial charge in [-0.15, -0.1) is 24.8 Å². The van der Waals surface area contributed by atoms with Gasteiger partial charge in [0.05, 0.1) is 12.2 Å². The van der Waals surface area contributed by atoms with Crippen molar-refractivity contribution in [1.82, 2.24) is 9.88 Å². The number of aromatic hydroxyl groups is 1. The normalized spacial score (nSPS) is 26.3. The van der Waals surface area contributed by atoms with Gasteiger partial charge in [0, 0.05) is 57.2 Å². The molecule has 1 aliphatic heterocycles. The van der Waals surface area contributed by atoms with Crippen LogP contribution in [0.5, 0.6) is 5.75 Å². The average molecular weight is 658 g/mol. The highest BCUT2D eigenvalue weighted by Gasteiger charge is 2.63. The standard InChI is InChI=1S/C32H44N4O4.2ClH.2H2O/c1-4-33-28-6-5-13-34-30(28)36-16-14-35(15-17-36)21-29(39)32(40)12-11-27-24(19-26(38)20-31(27,32)3)9-8-23-18-25(37)10-7-22(23)2;;;;/h5-7,10,13,18,24,27,33,37,40H,4,8-9,11-12,14-17,19-21H2,1-3H3;2*1H;2*1H2/t24?,27?,31?,32-;;;;/m0..../s1. The van der Waals surface area contributed by atoms with Gasteiger partial charge in [0.15, 0.2) is 11.6 Å². The number of piperazine rings is 1. The average Bonchev–Trinajstić information content (AvgIpc) is 3.21. The summed E-state index contributed by atoms with van der Waals surface area (Å²) in [6.07, 6.45) is 5.34. The lowest BCUT2D eigenvalue weighted by molar-refractivity contribution is -0.160. The number of carbonyl (C=O) groups excluding carboxylic acids is 2. The van der Waals surface area contributed by atoms with Gasteiger partial charge in [-0.3, -0.25) is 14.5 Å². The van der Waals surface area contributed by atoms with E-state index in [1.807, 2.05) is 44.3 Å². The molecule has 2 heterocycles. The molecule has 248 valence electrons. The molecule has 3 fully saturated rings. The summed E-state index contributed by atoms with van der Waals surface area (Å²) >= 11 is 0. The van der Waals surface area contributed by atoms with Crippen molar-refractivity contribution in [3.05, 3.63) is 47.7 Å². The highest BCUT2D eigenvalue weighted by molar-refractivity contribution is 5.92. The zero-order valence-corrected chi connectivity index (χ0v) is 27.6. The number of hydrogen-bond donors (Lipinski definition) is 3. The Morgan fingerprint density at radius 1 is 1.14 bits per heavy atom. The van der Waals surface area contributed by atoms with E-state index >= 15 is 0 Å². The number of Topliss-reactive ketones (excluding diaryl/α,β-unsaturated/α-hetero) is 2. The quantitative estimate of drug-likeness (QED) is 0.370. The van der Waals surface area contributed by atoms with Gasteiger partial charge in [-0.05, 0) is 86.8 Å². The van der Waals surface area contributed by atoms with Gasteiger partial charge in [-0.1, -0.05) is 13.0 Å². The molecule has 10 nitrogen and oxygen atoms in total. The number of fused-ring (bicyclic) bond motifs is 1. The van der Waals surface area contributed by atoms with E-state index in [4.69, 9.17) is 0 Å². The molecule has 2 aromatic rings. The Morgan fingerprint density at radius 2 is 1.84 bits per heavy atom. The van der Waals surface area contributed by atoms with Crippen molar-refractivity contribution in [2.75, 3.05) is 49.5 Å². The van der Waals surface area contributed by atoms with Crippen molar-refractivity contribution in [2.24, 2.45) is 17.3 Å². The Kier molecular flexibility index (Phi) is 14.6. The Hall–Kier alpha value is -2.47. The molecule has 4 atom stereocenters. The summed E-state index contributed by atoms with van der Waals surface area (Å²) in [5.74, 6) is 1.45.